The predicted octanol–water partition coefficient (Wildman–Crippen LogP) is 0.343. The van der Waals surface area contributed by atoms with Crippen LogP contribution in [0, 0.1) is 5.82 Å². The molecule has 0 saturated carbocycles. The Labute approximate surface area is 93.3 Å². The standard InChI is InChI=1S/C10H13FO4S/c1-10(13,6-12)7-16(14,15)9-4-2-8(11)3-5-9/h2-5,12-13H,6-7H2,1H3/t10-/m1/s1. The third kappa shape index (κ3) is 3.26. The topological polar surface area (TPSA) is 74.6 Å². The van der Waals surface area contributed by atoms with Crippen molar-refractivity contribution < 1.29 is 23.0 Å². The summed E-state index contributed by atoms with van der Waals surface area (Å²) < 4.78 is 36.0. The van der Waals surface area contributed by atoms with Crippen LogP contribution >= 0.6 is 0 Å². The van der Waals surface area contributed by atoms with Gasteiger partial charge in [0.15, 0.2) is 9.84 Å². The normalized spacial score (nSPS) is 15.8. The summed E-state index contributed by atoms with van der Waals surface area (Å²) in [6.45, 7) is 0.557. The average molecular weight is 248 g/mol. The summed E-state index contributed by atoms with van der Waals surface area (Å²) in [6, 6.07) is 4.30. The van der Waals surface area contributed by atoms with E-state index in [4.69, 9.17) is 5.11 Å². The zero-order valence-electron chi connectivity index (χ0n) is 8.72. The molecule has 0 bridgehead atoms. The summed E-state index contributed by atoms with van der Waals surface area (Å²) in [4.78, 5) is -0.0809. The first-order chi connectivity index (χ1) is 7.27. The Balaban J connectivity index is 2.99. The van der Waals surface area contributed by atoms with Gasteiger partial charge in [0, 0.05) is 0 Å². The molecular weight excluding hydrogens is 235 g/mol. The number of hydrogen-bond acceptors (Lipinski definition) is 4. The number of aliphatic hydroxyl groups is 2. The number of sulfone groups is 1. The first kappa shape index (κ1) is 13.1. The smallest absolute Gasteiger partial charge is 0.181 e. The molecule has 0 aliphatic rings. The Morgan fingerprint density at radius 2 is 1.81 bits per heavy atom. The molecule has 0 radical (unpaired) electrons. The Morgan fingerprint density at radius 3 is 2.25 bits per heavy atom. The number of benzene rings is 1. The lowest BCUT2D eigenvalue weighted by molar-refractivity contribution is 0.0211. The van der Waals surface area contributed by atoms with Gasteiger partial charge < -0.3 is 10.2 Å². The van der Waals surface area contributed by atoms with Crippen LogP contribution in [0.15, 0.2) is 29.2 Å². The van der Waals surface area contributed by atoms with Crippen molar-refractivity contribution >= 4 is 9.84 Å². The summed E-state index contributed by atoms with van der Waals surface area (Å²) in [5.74, 6) is -1.14. The summed E-state index contributed by atoms with van der Waals surface area (Å²) in [6.07, 6.45) is 0. The van der Waals surface area contributed by atoms with Crippen LogP contribution in [-0.4, -0.2) is 36.6 Å². The van der Waals surface area contributed by atoms with Crippen molar-refractivity contribution in [3.05, 3.63) is 30.1 Å². The molecule has 1 aromatic rings. The molecule has 0 amide bonds. The molecule has 0 aliphatic carbocycles. The van der Waals surface area contributed by atoms with E-state index >= 15 is 0 Å². The van der Waals surface area contributed by atoms with Gasteiger partial charge in [0.2, 0.25) is 0 Å². The van der Waals surface area contributed by atoms with E-state index in [0.717, 1.165) is 24.3 Å². The second-order valence-corrected chi connectivity index (χ2v) is 5.86. The molecule has 1 atom stereocenters. The molecule has 0 unspecified atom stereocenters. The van der Waals surface area contributed by atoms with Gasteiger partial charge in [0.25, 0.3) is 0 Å². The molecule has 0 spiro atoms. The number of halogens is 1. The van der Waals surface area contributed by atoms with Gasteiger partial charge in [-0.05, 0) is 31.2 Å². The van der Waals surface area contributed by atoms with E-state index < -0.39 is 33.6 Å². The van der Waals surface area contributed by atoms with Crippen LogP contribution in [0.4, 0.5) is 4.39 Å². The van der Waals surface area contributed by atoms with E-state index in [2.05, 4.69) is 0 Å². The van der Waals surface area contributed by atoms with Gasteiger partial charge in [0.1, 0.15) is 5.82 Å². The minimum atomic E-state index is -3.72. The lowest BCUT2D eigenvalue weighted by Gasteiger charge is -2.19. The van der Waals surface area contributed by atoms with Crippen LogP contribution in [0.5, 0.6) is 0 Å². The van der Waals surface area contributed by atoms with Crippen molar-refractivity contribution in [2.24, 2.45) is 0 Å². The molecule has 0 aromatic heterocycles. The van der Waals surface area contributed by atoms with Crippen molar-refractivity contribution in [2.45, 2.75) is 17.4 Å². The van der Waals surface area contributed by atoms with Crippen molar-refractivity contribution in [3.8, 4) is 0 Å². The number of aliphatic hydroxyl groups excluding tert-OH is 1. The molecule has 0 heterocycles. The maximum absolute atomic E-state index is 12.6. The van der Waals surface area contributed by atoms with Gasteiger partial charge in [0.05, 0.1) is 22.9 Å². The molecule has 0 fully saturated rings. The Bertz CT molecular complexity index is 450. The fraction of sp³-hybridized carbons (Fsp3) is 0.400. The zero-order valence-corrected chi connectivity index (χ0v) is 9.54. The first-order valence-corrected chi connectivity index (χ1v) is 6.24. The van der Waals surface area contributed by atoms with Crippen LogP contribution < -0.4 is 0 Å². The summed E-state index contributed by atoms with van der Waals surface area (Å²) in [5, 5.41) is 18.2. The zero-order chi connectivity index (χ0) is 12.4. The van der Waals surface area contributed by atoms with Gasteiger partial charge >= 0.3 is 0 Å². The molecule has 4 nitrogen and oxygen atoms in total. The van der Waals surface area contributed by atoms with Crippen LogP contribution in [0.3, 0.4) is 0 Å². The quantitative estimate of drug-likeness (QED) is 0.754. The van der Waals surface area contributed by atoms with Crippen LogP contribution in [0.1, 0.15) is 6.92 Å². The van der Waals surface area contributed by atoms with Crippen molar-refractivity contribution in [1.29, 1.82) is 0 Å². The van der Waals surface area contributed by atoms with E-state index in [9.17, 15) is 17.9 Å². The SMILES string of the molecule is C[C@@](O)(CO)CS(=O)(=O)c1ccc(F)cc1. The molecule has 0 aliphatic heterocycles. The van der Waals surface area contributed by atoms with E-state index in [0.29, 0.717) is 0 Å². The molecule has 16 heavy (non-hydrogen) atoms. The van der Waals surface area contributed by atoms with Crippen LogP contribution in [-0.2, 0) is 9.84 Å². The first-order valence-electron chi connectivity index (χ1n) is 4.58. The highest BCUT2D eigenvalue weighted by Crippen LogP contribution is 2.16. The van der Waals surface area contributed by atoms with Gasteiger partial charge in [-0.2, -0.15) is 0 Å². The van der Waals surface area contributed by atoms with Gasteiger partial charge in [-0.3, -0.25) is 0 Å². The highest BCUT2D eigenvalue weighted by Gasteiger charge is 2.28. The summed E-state index contributed by atoms with van der Waals surface area (Å²) in [7, 11) is -3.72. The van der Waals surface area contributed by atoms with E-state index in [-0.39, 0.29) is 4.90 Å². The second-order valence-electron chi connectivity index (χ2n) is 3.87. The highest BCUT2D eigenvalue weighted by molar-refractivity contribution is 7.91. The number of rotatable bonds is 4. The Kier molecular flexibility index (Phi) is 3.67. The molecule has 2 N–H and O–H groups in total. The average Bonchev–Trinajstić information content (AvgIpc) is 2.17. The van der Waals surface area contributed by atoms with Crippen LogP contribution in [0.2, 0.25) is 0 Å². The monoisotopic (exact) mass is 248 g/mol. The lowest BCUT2D eigenvalue weighted by Crippen LogP contribution is -2.37. The fourth-order valence-corrected chi connectivity index (χ4v) is 2.81. The molecule has 6 heteroatoms. The van der Waals surface area contributed by atoms with Crippen molar-refractivity contribution in [3.63, 3.8) is 0 Å². The molecule has 0 saturated heterocycles. The van der Waals surface area contributed by atoms with Gasteiger partial charge in [-0.25, -0.2) is 12.8 Å². The van der Waals surface area contributed by atoms with E-state index in [1.54, 1.807) is 0 Å². The second kappa shape index (κ2) is 4.48. The van der Waals surface area contributed by atoms with E-state index in [1.165, 1.54) is 6.92 Å². The highest BCUT2D eigenvalue weighted by atomic mass is 32.2. The summed E-state index contributed by atoms with van der Waals surface area (Å²) in [5.41, 5.74) is -1.70. The van der Waals surface area contributed by atoms with Gasteiger partial charge in [-0.15, -0.1) is 0 Å². The Hall–Kier alpha value is -0.980. The molecular formula is C10H13FO4S. The minimum absolute atomic E-state index is 0.0809. The maximum atomic E-state index is 12.6. The fourth-order valence-electron chi connectivity index (χ4n) is 1.18. The third-order valence-electron chi connectivity index (χ3n) is 2.01. The van der Waals surface area contributed by atoms with Gasteiger partial charge in [-0.1, -0.05) is 0 Å². The lowest BCUT2D eigenvalue weighted by atomic mass is 10.2. The molecule has 1 rings (SSSR count). The van der Waals surface area contributed by atoms with E-state index in [1.807, 2.05) is 0 Å². The predicted molar refractivity (Wildman–Crippen MR) is 56.2 cm³/mol. The molecule has 90 valence electrons. The summed E-state index contributed by atoms with van der Waals surface area (Å²) >= 11 is 0. The molecule has 1 aromatic carbocycles. The number of hydrogen-bond donors (Lipinski definition) is 2. The largest absolute Gasteiger partial charge is 0.393 e. The minimum Gasteiger partial charge on any atom is -0.393 e. The third-order valence-corrected chi connectivity index (χ3v) is 4.01. The maximum Gasteiger partial charge on any atom is 0.181 e. The Morgan fingerprint density at radius 1 is 1.31 bits per heavy atom. The van der Waals surface area contributed by atoms with Crippen molar-refractivity contribution in [1.82, 2.24) is 0 Å². The van der Waals surface area contributed by atoms with Crippen LogP contribution in [0.25, 0.3) is 0 Å². The van der Waals surface area contributed by atoms with Crippen molar-refractivity contribution in [2.75, 3.05) is 12.4 Å².